The van der Waals surface area contributed by atoms with E-state index in [0.29, 0.717) is 0 Å². The first-order valence-electron chi connectivity index (χ1n) is 6.64. The van der Waals surface area contributed by atoms with Crippen LogP contribution in [0.4, 0.5) is 0 Å². The molecule has 2 heterocycles. The summed E-state index contributed by atoms with van der Waals surface area (Å²) in [6, 6.07) is 4.26. The van der Waals surface area contributed by atoms with Gasteiger partial charge in [-0.1, -0.05) is 20.8 Å². The Kier molecular flexibility index (Phi) is 3.63. The molecule has 2 nitrogen and oxygen atoms in total. The molecular weight excluding hydrogens is 254 g/mol. The molecule has 0 saturated carbocycles. The number of hydrogen-bond donors (Lipinski definition) is 1. The standard InChI is InChI=1S/C16H23NOS/c1-9-10(2)18-11(3)14(9)15(17)12-7-8-13(19-12)16(4,5)6/h7-8,15H,17H2,1-6H3. The van der Waals surface area contributed by atoms with E-state index >= 15 is 0 Å². The molecule has 2 rings (SSSR count). The molecule has 0 aliphatic rings. The van der Waals surface area contributed by atoms with Crippen LogP contribution >= 0.6 is 11.3 Å². The maximum Gasteiger partial charge on any atom is 0.106 e. The van der Waals surface area contributed by atoms with Crippen LogP contribution in [-0.2, 0) is 5.41 Å². The largest absolute Gasteiger partial charge is 0.466 e. The number of rotatable bonds is 2. The Morgan fingerprint density at radius 1 is 1.11 bits per heavy atom. The average molecular weight is 277 g/mol. The predicted octanol–water partition coefficient (Wildman–Crippen LogP) is 4.61. The van der Waals surface area contributed by atoms with Gasteiger partial charge in [0.25, 0.3) is 0 Å². The van der Waals surface area contributed by atoms with Crippen molar-refractivity contribution in [3.05, 3.63) is 44.5 Å². The molecule has 0 spiro atoms. The summed E-state index contributed by atoms with van der Waals surface area (Å²) in [6.45, 7) is 12.8. The van der Waals surface area contributed by atoms with Crippen molar-refractivity contribution in [1.82, 2.24) is 0 Å². The van der Waals surface area contributed by atoms with E-state index in [1.54, 1.807) is 11.3 Å². The summed E-state index contributed by atoms with van der Waals surface area (Å²) in [6.07, 6.45) is 0. The Morgan fingerprint density at radius 3 is 2.16 bits per heavy atom. The molecule has 3 heteroatoms. The molecule has 0 saturated heterocycles. The smallest absolute Gasteiger partial charge is 0.106 e. The van der Waals surface area contributed by atoms with Crippen LogP contribution in [0.1, 0.15) is 59.2 Å². The molecule has 0 radical (unpaired) electrons. The summed E-state index contributed by atoms with van der Waals surface area (Å²) < 4.78 is 5.69. The number of hydrogen-bond acceptors (Lipinski definition) is 3. The van der Waals surface area contributed by atoms with E-state index in [1.807, 2.05) is 13.8 Å². The molecular formula is C16H23NOS. The summed E-state index contributed by atoms with van der Waals surface area (Å²) in [7, 11) is 0. The SMILES string of the molecule is Cc1oc(C)c(C(N)c2ccc(C(C)(C)C)s2)c1C. The lowest BCUT2D eigenvalue weighted by molar-refractivity contribution is 0.498. The Labute approximate surface area is 119 Å². The first-order chi connectivity index (χ1) is 8.71. The molecule has 1 atom stereocenters. The fourth-order valence-corrected chi connectivity index (χ4v) is 3.41. The molecule has 104 valence electrons. The van der Waals surface area contributed by atoms with Crippen molar-refractivity contribution in [1.29, 1.82) is 0 Å². The highest BCUT2D eigenvalue weighted by Crippen LogP contribution is 2.36. The molecule has 1 unspecified atom stereocenters. The van der Waals surface area contributed by atoms with E-state index in [9.17, 15) is 0 Å². The third-order valence-electron chi connectivity index (χ3n) is 3.60. The first kappa shape index (κ1) is 14.4. The second kappa shape index (κ2) is 4.80. The molecule has 2 aromatic rings. The van der Waals surface area contributed by atoms with Gasteiger partial charge in [0.05, 0.1) is 6.04 Å². The van der Waals surface area contributed by atoms with E-state index in [0.717, 1.165) is 17.1 Å². The van der Waals surface area contributed by atoms with Gasteiger partial charge < -0.3 is 10.2 Å². The lowest BCUT2D eigenvalue weighted by Gasteiger charge is -2.16. The monoisotopic (exact) mass is 277 g/mol. The van der Waals surface area contributed by atoms with Gasteiger partial charge in [0.2, 0.25) is 0 Å². The van der Waals surface area contributed by atoms with Crippen LogP contribution in [0.5, 0.6) is 0 Å². The molecule has 0 fully saturated rings. The van der Waals surface area contributed by atoms with E-state index < -0.39 is 0 Å². The van der Waals surface area contributed by atoms with Gasteiger partial charge in [-0.2, -0.15) is 0 Å². The Balaban J connectivity index is 2.39. The molecule has 0 aliphatic heterocycles. The summed E-state index contributed by atoms with van der Waals surface area (Å²) in [5.41, 5.74) is 8.93. The fourth-order valence-electron chi connectivity index (χ4n) is 2.33. The van der Waals surface area contributed by atoms with Crippen molar-refractivity contribution >= 4 is 11.3 Å². The van der Waals surface area contributed by atoms with E-state index in [-0.39, 0.29) is 11.5 Å². The molecule has 19 heavy (non-hydrogen) atoms. The van der Waals surface area contributed by atoms with Crippen LogP contribution in [0, 0.1) is 20.8 Å². The quantitative estimate of drug-likeness (QED) is 0.870. The maximum absolute atomic E-state index is 6.44. The minimum absolute atomic E-state index is 0.0847. The maximum atomic E-state index is 6.44. The van der Waals surface area contributed by atoms with Crippen LogP contribution < -0.4 is 5.73 Å². The summed E-state index contributed by atoms with van der Waals surface area (Å²) >= 11 is 1.80. The van der Waals surface area contributed by atoms with Crippen LogP contribution in [0.15, 0.2) is 16.5 Å². The van der Waals surface area contributed by atoms with Gasteiger partial charge in [0.15, 0.2) is 0 Å². The van der Waals surface area contributed by atoms with Gasteiger partial charge in [-0.3, -0.25) is 0 Å². The van der Waals surface area contributed by atoms with Crippen molar-refractivity contribution in [2.75, 3.05) is 0 Å². The third-order valence-corrected chi connectivity index (χ3v) is 5.20. The number of thiophene rings is 1. The highest BCUT2D eigenvalue weighted by Gasteiger charge is 2.23. The molecule has 0 bridgehead atoms. The van der Waals surface area contributed by atoms with Gasteiger partial charge in [-0.15, -0.1) is 11.3 Å². The van der Waals surface area contributed by atoms with Crippen molar-refractivity contribution < 1.29 is 4.42 Å². The van der Waals surface area contributed by atoms with E-state index in [4.69, 9.17) is 10.2 Å². The van der Waals surface area contributed by atoms with E-state index in [1.165, 1.54) is 15.3 Å². The van der Waals surface area contributed by atoms with Crippen molar-refractivity contribution in [3.63, 3.8) is 0 Å². The number of aryl methyl sites for hydroxylation is 2. The lowest BCUT2D eigenvalue weighted by Crippen LogP contribution is -2.12. The minimum atomic E-state index is -0.0847. The predicted molar refractivity (Wildman–Crippen MR) is 82.0 cm³/mol. The van der Waals surface area contributed by atoms with Gasteiger partial charge >= 0.3 is 0 Å². The molecule has 0 aromatic carbocycles. The molecule has 0 aliphatic carbocycles. The lowest BCUT2D eigenvalue weighted by atomic mass is 9.95. The zero-order valence-electron chi connectivity index (χ0n) is 12.6. The van der Waals surface area contributed by atoms with Crippen LogP contribution in [-0.4, -0.2) is 0 Å². The number of nitrogens with two attached hydrogens (primary N) is 1. The van der Waals surface area contributed by atoms with Crippen molar-refractivity contribution in [2.45, 2.75) is 53.0 Å². The Bertz CT molecular complexity index is 586. The van der Waals surface area contributed by atoms with Gasteiger partial charge in [-0.25, -0.2) is 0 Å². The molecule has 0 amide bonds. The molecule has 2 N–H and O–H groups in total. The summed E-state index contributed by atoms with van der Waals surface area (Å²) in [4.78, 5) is 2.57. The summed E-state index contributed by atoms with van der Waals surface area (Å²) in [5.74, 6) is 1.91. The second-order valence-electron chi connectivity index (χ2n) is 6.18. The summed E-state index contributed by atoms with van der Waals surface area (Å²) in [5, 5.41) is 0. The van der Waals surface area contributed by atoms with Gasteiger partial charge in [0.1, 0.15) is 11.5 Å². The minimum Gasteiger partial charge on any atom is -0.466 e. The van der Waals surface area contributed by atoms with Gasteiger partial charge in [0, 0.05) is 15.3 Å². The van der Waals surface area contributed by atoms with Gasteiger partial charge in [-0.05, 0) is 43.9 Å². The van der Waals surface area contributed by atoms with E-state index in [2.05, 4.69) is 39.8 Å². The average Bonchev–Trinajstić information content (AvgIpc) is 2.84. The Hall–Kier alpha value is -1.06. The zero-order chi connectivity index (χ0) is 14.4. The normalized spacial score (nSPS) is 13.8. The fraction of sp³-hybridized carbons (Fsp3) is 0.500. The highest BCUT2D eigenvalue weighted by atomic mass is 32.1. The first-order valence-corrected chi connectivity index (χ1v) is 7.45. The number of furan rings is 1. The van der Waals surface area contributed by atoms with Crippen LogP contribution in [0.25, 0.3) is 0 Å². The van der Waals surface area contributed by atoms with Crippen molar-refractivity contribution in [3.8, 4) is 0 Å². The second-order valence-corrected chi connectivity index (χ2v) is 7.30. The Morgan fingerprint density at radius 2 is 1.74 bits per heavy atom. The van der Waals surface area contributed by atoms with Crippen molar-refractivity contribution in [2.24, 2.45) is 5.73 Å². The third kappa shape index (κ3) is 2.63. The highest BCUT2D eigenvalue weighted by molar-refractivity contribution is 7.12. The molecule has 2 aromatic heterocycles. The van der Waals surface area contributed by atoms with Crippen LogP contribution in [0.2, 0.25) is 0 Å². The topological polar surface area (TPSA) is 39.2 Å². The zero-order valence-corrected chi connectivity index (χ0v) is 13.4. The van der Waals surface area contributed by atoms with Crippen LogP contribution in [0.3, 0.4) is 0 Å².